The summed E-state index contributed by atoms with van der Waals surface area (Å²) in [7, 11) is 0. The molecule has 1 unspecified atom stereocenters. The largest absolute Gasteiger partial charge is 0.320 e. The van der Waals surface area contributed by atoms with Crippen LogP contribution in [0.5, 0.6) is 0 Å². The van der Waals surface area contributed by atoms with Gasteiger partial charge in [-0.2, -0.15) is 0 Å². The second-order valence-electron chi connectivity index (χ2n) is 2.71. The molecule has 3 N–H and O–H groups in total. The topological polar surface area (TPSA) is 80.9 Å². The van der Waals surface area contributed by atoms with E-state index in [0.29, 0.717) is 12.2 Å². The molecule has 0 aliphatic carbocycles. The zero-order valence-electron chi connectivity index (χ0n) is 7.68. The molecule has 1 aromatic rings. The fourth-order valence-corrected chi connectivity index (χ4v) is 0.869. The predicted molar refractivity (Wildman–Crippen MR) is 53.5 cm³/mol. The van der Waals surface area contributed by atoms with Crippen LogP contribution in [0.2, 0.25) is 0 Å². The minimum Gasteiger partial charge on any atom is -0.320 e. The van der Waals surface area contributed by atoms with Gasteiger partial charge in [-0.15, -0.1) is 6.58 Å². The SMILES string of the molecule is C=CCC(N)C(=O)Nc1cnccn1. The van der Waals surface area contributed by atoms with Crippen LogP contribution < -0.4 is 11.1 Å². The summed E-state index contributed by atoms with van der Waals surface area (Å²) in [6.07, 6.45) is 6.51. The van der Waals surface area contributed by atoms with Crippen molar-refractivity contribution in [3.8, 4) is 0 Å². The molecule has 0 saturated heterocycles. The lowest BCUT2D eigenvalue weighted by atomic mass is 10.2. The van der Waals surface area contributed by atoms with Gasteiger partial charge in [0, 0.05) is 12.4 Å². The van der Waals surface area contributed by atoms with Crippen molar-refractivity contribution in [2.75, 3.05) is 5.32 Å². The van der Waals surface area contributed by atoms with E-state index in [1.807, 2.05) is 0 Å². The number of nitrogens with two attached hydrogens (primary N) is 1. The normalized spacial score (nSPS) is 11.8. The van der Waals surface area contributed by atoms with Crippen LogP contribution in [0.25, 0.3) is 0 Å². The van der Waals surface area contributed by atoms with Crippen molar-refractivity contribution in [3.05, 3.63) is 31.2 Å². The zero-order valence-corrected chi connectivity index (χ0v) is 7.68. The van der Waals surface area contributed by atoms with Crippen LogP contribution >= 0.6 is 0 Å². The Bertz CT molecular complexity index is 312. The molecule has 0 aliphatic heterocycles. The van der Waals surface area contributed by atoms with Crippen molar-refractivity contribution in [1.29, 1.82) is 0 Å². The molecule has 14 heavy (non-hydrogen) atoms. The number of hydrogen-bond donors (Lipinski definition) is 2. The molecule has 5 heteroatoms. The van der Waals surface area contributed by atoms with E-state index >= 15 is 0 Å². The number of aromatic nitrogens is 2. The molecule has 0 aliphatic rings. The third-order valence-electron chi connectivity index (χ3n) is 1.57. The van der Waals surface area contributed by atoms with Crippen LogP contribution in [-0.2, 0) is 4.79 Å². The molecular weight excluding hydrogens is 180 g/mol. The number of hydrogen-bond acceptors (Lipinski definition) is 4. The highest BCUT2D eigenvalue weighted by Crippen LogP contribution is 1.99. The van der Waals surface area contributed by atoms with Crippen molar-refractivity contribution in [1.82, 2.24) is 9.97 Å². The summed E-state index contributed by atoms with van der Waals surface area (Å²) in [5, 5.41) is 2.54. The maximum Gasteiger partial charge on any atom is 0.242 e. The Kier molecular flexibility index (Phi) is 3.75. The molecule has 0 spiro atoms. The Morgan fingerprint density at radius 1 is 1.71 bits per heavy atom. The van der Waals surface area contributed by atoms with Crippen molar-refractivity contribution in [3.63, 3.8) is 0 Å². The monoisotopic (exact) mass is 192 g/mol. The Hall–Kier alpha value is -1.75. The van der Waals surface area contributed by atoms with Gasteiger partial charge >= 0.3 is 0 Å². The lowest BCUT2D eigenvalue weighted by Crippen LogP contribution is -2.35. The minimum atomic E-state index is -0.588. The van der Waals surface area contributed by atoms with Gasteiger partial charge in [-0.3, -0.25) is 9.78 Å². The maximum absolute atomic E-state index is 11.4. The Balaban J connectivity index is 2.53. The fourth-order valence-electron chi connectivity index (χ4n) is 0.869. The van der Waals surface area contributed by atoms with E-state index in [9.17, 15) is 4.79 Å². The first-order chi connectivity index (χ1) is 6.74. The Labute approximate surface area is 82.1 Å². The first-order valence-electron chi connectivity index (χ1n) is 4.17. The number of anilines is 1. The van der Waals surface area contributed by atoms with E-state index in [2.05, 4.69) is 21.9 Å². The molecule has 0 saturated carbocycles. The van der Waals surface area contributed by atoms with E-state index in [0.717, 1.165) is 0 Å². The quantitative estimate of drug-likeness (QED) is 0.673. The summed E-state index contributed by atoms with van der Waals surface area (Å²) in [5.74, 6) is 0.113. The standard InChI is InChI=1S/C9H12N4O/c1-2-3-7(10)9(14)13-8-6-11-4-5-12-8/h2,4-7H,1,3,10H2,(H,12,13,14). The maximum atomic E-state index is 11.4. The van der Waals surface area contributed by atoms with E-state index in [1.165, 1.54) is 18.6 Å². The van der Waals surface area contributed by atoms with Crippen LogP contribution in [0.4, 0.5) is 5.82 Å². The summed E-state index contributed by atoms with van der Waals surface area (Å²) in [4.78, 5) is 19.0. The molecule has 1 aromatic heterocycles. The Morgan fingerprint density at radius 3 is 3.07 bits per heavy atom. The second kappa shape index (κ2) is 5.08. The second-order valence-corrected chi connectivity index (χ2v) is 2.71. The van der Waals surface area contributed by atoms with Gasteiger partial charge in [-0.1, -0.05) is 6.08 Å². The van der Waals surface area contributed by atoms with Gasteiger partial charge < -0.3 is 11.1 Å². The van der Waals surface area contributed by atoms with Gasteiger partial charge in [0.05, 0.1) is 12.2 Å². The van der Waals surface area contributed by atoms with Crippen LogP contribution in [-0.4, -0.2) is 21.9 Å². The minimum absolute atomic E-state index is 0.287. The highest BCUT2D eigenvalue weighted by atomic mass is 16.2. The highest BCUT2D eigenvalue weighted by Gasteiger charge is 2.11. The number of carbonyl (C=O) groups is 1. The van der Waals surface area contributed by atoms with Crippen molar-refractivity contribution in [2.45, 2.75) is 12.5 Å². The van der Waals surface area contributed by atoms with Crippen molar-refractivity contribution < 1.29 is 4.79 Å². The van der Waals surface area contributed by atoms with E-state index in [-0.39, 0.29) is 5.91 Å². The molecule has 0 radical (unpaired) electrons. The average Bonchev–Trinajstić information content (AvgIpc) is 2.19. The summed E-state index contributed by atoms with van der Waals surface area (Å²) >= 11 is 0. The predicted octanol–water partition coefficient (Wildman–Crippen LogP) is 0.318. The van der Waals surface area contributed by atoms with Gasteiger partial charge in [0.15, 0.2) is 5.82 Å². The zero-order chi connectivity index (χ0) is 10.4. The lowest BCUT2D eigenvalue weighted by Gasteiger charge is -2.08. The molecule has 1 amide bonds. The lowest BCUT2D eigenvalue weighted by molar-refractivity contribution is -0.117. The summed E-state index contributed by atoms with van der Waals surface area (Å²) in [5.41, 5.74) is 5.54. The third-order valence-corrected chi connectivity index (χ3v) is 1.57. The van der Waals surface area contributed by atoms with E-state index in [4.69, 9.17) is 5.73 Å². The number of nitrogens with zero attached hydrogens (tertiary/aromatic N) is 2. The van der Waals surface area contributed by atoms with Crippen LogP contribution in [0.3, 0.4) is 0 Å². The first-order valence-corrected chi connectivity index (χ1v) is 4.17. The van der Waals surface area contributed by atoms with Gasteiger partial charge in [-0.25, -0.2) is 4.98 Å². The van der Waals surface area contributed by atoms with Crippen LogP contribution in [0.15, 0.2) is 31.2 Å². The van der Waals surface area contributed by atoms with Crippen LogP contribution in [0.1, 0.15) is 6.42 Å². The first kappa shape index (κ1) is 10.3. The van der Waals surface area contributed by atoms with Gasteiger partial charge in [-0.05, 0) is 6.42 Å². The summed E-state index contributed by atoms with van der Waals surface area (Å²) in [6, 6.07) is -0.588. The molecule has 5 nitrogen and oxygen atoms in total. The van der Waals surface area contributed by atoms with Gasteiger partial charge in [0.2, 0.25) is 5.91 Å². The summed E-state index contributed by atoms with van der Waals surface area (Å²) < 4.78 is 0. The van der Waals surface area contributed by atoms with Crippen molar-refractivity contribution in [2.24, 2.45) is 5.73 Å². The molecule has 1 rings (SSSR count). The smallest absolute Gasteiger partial charge is 0.242 e. The number of rotatable bonds is 4. The number of amides is 1. The number of carbonyl (C=O) groups excluding carboxylic acids is 1. The Morgan fingerprint density at radius 2 is 2.50 bits per heavy atom. The third kappa shape index (κ3) is 2.95. The van der Waals surface area contributed by atoms with E-state index in [1.54, 1.807) is 6.08 Å². The molecule has 74 valence electrons. The molecule has 0 aromatic carbocycles. The molecule has 1 heterocycles. The van der Waals surface area contributed by atoms with Crippen molar-refractivity contribution >= 4 is 11.7 Å². The van der Waals surface area contributed by atoms with Gasteiger partial charge in [0.25, 0.3) is 0 Å². The van der Waals surface area contributed by atoms with E-state index < -0.39 is 6.04 Å². The summed E-state index contributed by atoms with van der Waals surface area (Å²) in [6.45, 7) is 3.50. The molecule has 0 bridgehead atoms. The average molecular weight is 192 g/mol. The van der Waals surface area contributed by atoms with Gasteiger partial charge in [0.1, 0.15) is 0 Å². The molecule has 0 fully saturated rings. The fraction of sp³-hybridized carbons (Fsp3) is 0.222. The van der Waals surface area contributed by atoms with Crippen LogP contribution in [0, 0.1) is 0 Å². The highest BCUT2D eigenvalue weighted by molar-refractivity contribution is 5.93. The molecular formula is C9H12N4O. The number of nitrogens with one attached hydrogen (secondary N) is 1. The molecule has 1 atom stereocenters.